The topological polar surface area (TPSA) is 33.1 Å². The lowest BCUT2D eigenvalue weighted by Crippen LogP contribution is -1.78. The highest BCUT2D eigenvalue weighted by atomic mass is 32.1. The van der Waals surface area contributed by atoms with Crippen LogP contribution in [0.25, 0.3) is 31.6 Å². The number of thiazole rings is 1. The van der Waals surface area contributed by atoms with Crippen molar-refractivity contribution in [1.29, 1.82) is 0 Å². The highest BCUT2D eigenvalue weighted by Crippen LogP contribution is 2.32. The number of fused-ring (bicyclic) bond motifs is 2. The van der Waals surface area contributed by atoms with Crippen LogP contribution in [0.4, 0.5) is 0 Å². The number of aromatic hydroxyl groups is 1. The molecule has 0 amide bonds. The van der Waals surface area contributed by atoms with Crippen LogP contribution in [0.15, 0.2) is 60.7 Å². The molecule has 3 aromatic carbocycles. The first-order valence-corrected chi connectivity index (χ1v) is 7.20. The zero-order valence-electron chi connectivity index (χ0n) is 10.6. The first-order valence-electron chi connectivity index (χ1n) is 6.38. The Bertz CT molecular complexity index is 893. The monoisotopic (exact) mass is 277 g/mol. The van der Waals surface area contributed by atoms with Crippen LogP contribution in [-0.4, -0.2) is 10.1 Å². The van der Waals surface area contributed by atoms with E-state index in [0.29, 0.717) is 5.75 Å². The zero-order chi connectivity index (χ0) is 13.5. The summed E-state index contributed by atoms with van der Waals surface area (Å²) < 4.78 is 1.20. The first-order chi connectivity index (χ1) is 9.79. The first kappa shape index (κ1) is 11.4. The Morgan fingerprint density at radius 3 is 2.55 bits per heavy atom. The summed E-state index contributed by atoms with van der Waals surface area (Å²) in [6.07, 6.45) is 0. The second kappa shape index (κ2) is 4.32. The average molecular weight is 277 g/mol. The molecule has 1 aromatic heterocycles. The Labute approximate surface area is 120 Å². The molecule has 0 aliphatic rings. The van der Waals surface area contributed by atoms with E-state index in [2.05, 4.69) is 23.2 Å². The molecule has 4 aromatic rings. The molecule has 0 atom stereocenters. The summed E-state index contributed by atoms with van der Waals surface area (Å²) in [7, 11) is 0. The number of hydrogen-bond donors (Lipinski definition) is 1. The Hall–Kier alpha value is -2.39. The Morgan fingerprint density at radius 1 is 0.850 bits per heavy atom. The SMILES string of the molecule is Oc1ccc2cc(-c3nc4ccccc4s3)ccc2c1. The van der Waals surface area contributed by atoms with Crippen LogP contribution in [0.1, 0.15) is 0 Å². The fourth-order valence-corrected chi connectivity index (χ4v) is 3.32. The fourth-order valence-electron chi connectivity index (χ4n) is 2.36. The van der Waals surface area contributed by atoms with Crippen LogP contribution in [0, 0.1) is 0 Å². The maximum atomic E-state index is 9.50. The molecule has 0 saturated heterocycles. The number of phenols is 1. The van der Waals surface area contributed by atoms with E-state index in [9.17, 15) is 5.11 Å². The van der Waals surface area contributed by atoms with Crippen LogP contribution in [0.2, 0.25) is 0 Å². The number of hydrogen-bond acceptors (Lipinski definition) is 3. The molecule has 3 heteroatoms. The smallest absolute Gasteiger partial charge is 0.124 e. The molecule has 2 nitrogen and oxygen atoms in total. The second-order valence-electron chi connectivity index (χ2n) is 4.73. The molecule has 0 spiro atoms. The number of para-hydroxylation sites is 1. The molecule has 0 aliphatic heterocycles. The van der Waals surface area contributed by atoms with Crippen molar-refractivity contribution in [3.63, 3.8) is 0 Å². The van der Waals surface area contributed by atoms with Gasteiger partial charge in [0.1, 0.15) is 10.8 Å². The van der Waals surface area contributed by atoms with Crippen molar-refractivity contribution in [2.45, 2.75) is 0 Å². The van der Waals surface area contributed by atoms with Gasteiger partial charge in [0.05, 0.1) is 10.2 Å². The molecule has 96 valence electrons. The van der Waals surface area contributed by atoms with E-state index in [1.807, 2.05) is 30.3 Å². The Kier molecular flexibility index (Phi) is 2.47. The second-order valence-corrected chi connectivity index (χ2v) is 5.76. The van der Waals surface area contributed by atoms with Crippen molar-refractivity contribution in [1.82, 2.24) is 4.98 Å². The van der Waals surface area contributed by atoms with Gasteiger partial charge in [0.25, 0.3) is 0 Å². The third-order valence-electron chi connectivity index (χ3n) is 3.36. The van der Waals surface area contributed by atoms with Crippen molar-refractivity contribution in [3.8, 4) is 16.3 Å². The van der Waals surface area contributed by atoms with Gasteiger partial charge in [-0.1, -0.05) is 30.3 Å². The molecule has 0 saturated carbocycles. The number of phenolic OH excluding ortho intramolecular Hbond substituents is 1. The van der Waals surface area contributed by atoms with E-state index < -0.39 is 0 Å². The van der Waals surface area contributed by atoms with Crippen LogP contribution in [0.5, 0.6) is 5.75 Å². The lowest BCUT2D eigenvalue weighted by Gasteiger charge is -2.01. The molecule has 0 radical (unpaired) electrons. The zero-order valence-corrected chi connectivity index (χ0v) is 11.4. The molecule has 0 fully saturated rings. The summed E-state index contributed by atoms with van der Waals surface area (Å²) in [5, 5.41) is 12.7. The summed E-state index contributed by atoms with van der Waals surface area (Å²) in [6.45, 7) is 0. The third-order valence-corrected chi connectivity index (χ3v) is 4.45. The predicted octanol–water partition coefficient (Wildman–Crippen LogP) is 4.82. The molecular formula is C17H11NOS. The summed E-state index contributed by atoms with van der Waals surface area (Å²) >= 11 is 1.70. The van der Waals surface area contributed by atoms with Gasteiger partial charge in [-0.15, -0.1) is 11.3 Å². The van der Waals surface area contributed by atoms with E-state index in [-0.39, 0.29) is 0 Å². The maximum Gasteiger partial charge on any atom is 0.124 e. The lowest BCUT2D eigenvalue weighted by molar-refractivity contribution is 0.476. The van der Waals surface area contributed by atoms with Gasteiger partial charge in [-0.2, -0.15) is 0 Å². The van der Waals surface area contributed by atoms with Gasteiger partial charge in [0, 0.05) is 5.56 Å². The maximum absolute atomic E-state index is 9.50. The summed E-state index contributed by atoms with van der Waals surface area (Å²) in [6, 6.07) is 19.8. The van der Waals surface area contributed by atoms with Gasteiger partial charge in [-0.25, -0.2) is 4.98 Å². The lowest BCUT2D eigenvalue weighted by atomic mass is 10.1. The minimum atomic E-state index is 0.297. The molecule has 0 aliphatic carbocycles. The van der Waals surface area contributed by atoms with Crippen molar-refractivity contribution < 1.29 is 5.11 Å². The summed E-state index contributed by atoms with van der Waals surface area (Å²) in [5.41, 5.74) is 2.16. The predicted molar refractivity (Wildman–Crippen MR) is 84.2 cm³/mol. The number of aromatic nitrogens is 1. The van der Waals surface area contributed by atoms with Crippen LogP contribution < -0.4 is 0 Å². The normalized spacial score (nSPS) is 11.2. The summed E-state index contributed by atoms with van der Waals surface area (Å²) in [5.74, 6) is 0.297. The molecule has 0 bridgehead atoms. The van der Waals surface area contributed by atoms with E-state index in [1.54, 1.807) is 23.5 Å². The fraction of sp³-hybridized carbons (Fsp3) is 0. The van der Waals surface area contributed by atoms with Gasteiger partial charge in [-0.3, -0.25) is 0 Å². The Balaban J connectivity index is 1.90. The number of benzene rings is 3. The number of rotatable bonds is 1. The van der Waals surface area contributed by atoms with Crippen LogP contribution in [0.3, 0.4) is 0 Å². The highest BCUT2D eigenvalue weighted by molar-refractivity contribution is 7.21. The standard InChI is InChI=1S/C17H11NOS/c19-14-8-7-11-9-13(6-5-12(11)10-14)17-18-15-3-1-2-4-16(15)20-17/h1-10,19H. The minimum Gasteiger partial charge on any atom is -0.508 e. The van der Waals surface area contributed by atoms with Gasteiger partial charge < -0.3 is 5.11 Å². The molecular weight excluding hydrogens is 266 g/mol. The molecule has 1 N–H and O–H groups in total. The van der Waals surface area contributed by atoms with E-state index >= 15 is 0 Å². The highest BCUT2D eigenvalue weighted by Gasteiger charge is 2.06. The molecule has 20 heavy (non-hydrogen) atoms. The van der Waals surface area contributed by atoms with Gasteiger partial charge in [0.15, 0.2) is 0 Å². The minimum absolute atomic E-state index is 0.297. The van der Waals surface area contributed by atoms with Crippen molar-refractivity contribution in [2.75, 3.05) is 0 Å². The van der Waals surface area contributed by atoms with Crippen molar-refractivity contribution in [3.05, 3.63) is 60.7 Å². The van der Waals surface area contributed by atoms with Crippen LogP contribution in [-0.2, 0) is 0 Å². The van der Waals surface area contributed by atoms with Crippen molar-refractivity contribution >= 4 is 32.3 Å². The Morgan fingerprint density at radius 2 is 1.65 bits per heavy atom. The van der Waals surface area contributed by atoms with Crippen molar-refractivity contribution in [2.24, 2.45) is 0 Å². The van der Waals surface area contributed by atoms with E-state index in [1.165, 1.54) is 4.70 Å². The van der Waals surface area contributed by atoms with E-state index in [0.717, 1.165) is 26.9 Å². The van der Waals surface area contributed by atoms with Crippen LogP contribution >= 0.6 is 11.3 Å². The quantitative estimate of drug-likeness (QED) is 0.541. The van der Waals surface area contributed by atoms with E-state index in [4.69, 9.17) is 0 Å². The molecule has 1 heterocycles. The third kappa shape index (κ3) is 1.84. The largest absolute Gasteiger partial charge is 0.508 e. The summed E-state index contributed by atoms with van der Waals surface area (Å²) in [4.78, 5) is 4.68. The average Bonchev–Trinajstić information content (AvgIpc) is 2.90. The van der Waals surface area contributed by atoms with Gasteiger partial charge >= 0.3 is 0 Å². The molecule has 4 rings (SSSR count). The van der Waals surface area contributed by atoms with Gasteiger partial charge in [0.2, 0.25) is 0 Å². The van der Waals surface area contributed by atoms with Gasteiger partial charge in [-0.05, 0) is 41.1 Å². The molecule has 0 unspecified atom stereocenters. The number of nitrogens with zero attached hydrogens (tertiary/aromatic N) is 1.